The standard InChI is InChI=1S/C16H15F2NO3/c17-11-6-5-10(7-12(11)18)19-15(20)13-8-1-3-9(4-2-8)14(13)16(21)22/h1,3,5-9,13-14H,2,4H2,(H,19,20)(H,21,22)/t8-,9+,13+,14+/m1/s1. The summed E-state index contributed by atoms with van der Waals surface area (Å²) in [5.74, 6) is -5.25. The first-order chi connectivity index (χ1) is 10.5. The zero-order valence-electron chi connectivity index (χ0n) is 11.6. The van der Waals surface area contributed by atoms with Crippen molar-refractivity contribution in [2.75, 3.05) is 5.32 Å². The highest BCUT2D eigenvalue weighted by atomic mass is 19.2. The monoisotopic (exact) mass is 307 g/mol. The molecular weight excluding hydrogens is 292 g/mol. The molecule has 0 unspecified atom stereocenters. The highest BCUT2D eigenvalue weighted by molar-refractivity contribution is 5.96. The van der Waals surface area contributed by atoms with Crippen LogP contribution in [-0.4, -0.2) is 17.0 Å². The molecule has 4 atom stereocenters. The first kappa shape index (κ1) is 14.7. The summed E-state index contributed by atoms with van der Waals surface area (Å²) in [6.07, 6.45) is 5.28. The van der Waals surface area contributed by atoms with Gasteiger partial charge >= 0.3 is 5.97 Å². The minimum atomic E-state index is -1.06. The molecule has 0 radical (unpaired) electrons. The van der Waals surface area contributed by atoms with Gasteiger partial charge in [-0.15, -0.1) is 0 Å². The second kappa shape index (κ2) is 5.51. The fourth-order valence-corrected chi connectivity index (χ4v) is 3.49. The van der Waals surface area contributed by atoms with E-state index in [1.54, 1.807) is 0 Å². The van der Waals surface area contributed by atoms with Gasteiger partial charge in [0.05, 0.1) is 11.8 Å². The van der Waals surface area contributed by atoms with E-state index in [2.05, 4.69) is 5.32 Å². The third-order valence-corrected chi connectivity index (χ3v) is 4.52. The fraction of sp³-hybridized carbons (Fsp3) is 0.375. The van der Waals surface area contributed by atoms with Crippen LogP contribution < -0.4 is 5.32 Å². The van der Waals surface area contributed by atoms with E-state index in [4.69, 9.17) is 0 Å². The minimum absolute atomic E-state index is 0.124. The number of carboxylic acid groups (broad SMARTS) is 1. The Labute approximate surface area is 125 Å². The molecule has 0 saturated heterocycles. The molecule has 3 aliphatic carbocycles. The molecule has 1 aromatic carbocycles. The molecule has 1 saturated carbocycles. The Kier molecular flexibility index (Phi) is 3.68. The number of fused-ring (bicyclic) bond motifs is 2. The maximum absolute atomic E-state index is 13.2. The summed E-state index contributed by atoms with van der Waals surface area (Å²) in [5.41, 5.74) is 0.124. The SMILES string of the molecule is O=C(Nc1ccc(F)c(F)c1)[C@@H]1[C@@H](C(=O)O)[C@H]2C=C[C@@H]1CC2. The third kappa shape index (κ3) is 2.49. The predicted octanol–water partition coefficient (Wildman–Crippen LogP) is 2.82. The summed E-state index contributed by atoms with van der Waals surface area (Å²) in [7, 11) is 0. The van der Waals surface area contributed by atoms with E-state index < -0.39 is 35.3 Å². The number of hydrogen-bond acceptors (Lipinski definition) is 2. The fourth-order valence-electron chi connectivity index (χ4n) is 3.49. The minimum Gasteiger partial charge on any atom is -0.481 e. The molecule has 116 valence electrons. The van der Waals surface area contributed by atoms with Crippen LogP contribution in [0, 0.1) is 35.3 Å². The Morgan fingerprint density at radius 3 is 2.23 bits per heavy atom. The summed E-state index contributed by atoms with van der Waals surface area (Å²) >= 11 is 0. The number of benzene rings is 1. The number of amides is 1. The largest absolute Gasteiger partial charge is 0.481 e. The van der Waals surface area contributed by atoms with Crippen molar-refractivity contribution in [1.29, 1.82) is 0 Å². The van der Waals surface area contributed by atoms with Crippen LogP contribution in [0.25, 0.3) is 0 Å². The molecule has 1 aromatic rings. The molecule has 1 amide bonds. The first-order valence-electron chi connectivity index (χ1n) is 7.14. The molecule has 0 aromatic heterocycles. The topological polar surface area (TPSA) is 66.4 Å². The van der Waals surface area contributed by atoms with Gasteiger partial charge in [-0.2, -0.15) is 0 Å². The Hall–Kier alpha value is -2.24. The maximum Gasteiger partial charge on any atom is 0.307 e. The normalized spacial score (nSPS) is 29.4. The van der Waals surface area contributed by atoms with Crippen LogP contribution in [0.1, 0.15) is 12.8 Å². The second-order valence-electron chi connectivity index (χ2n) is 5.80. The summed E-state index contributed by atoms with van der Waals surface area (Å²) < 4.78 is 26.1. The number of anilines is 1. The highest BCUT2D eigenvalue weighted by Gasteiger charge is 2.48. The quantitative estimate of drug-likeness (QED) is 0.844. The van der Waals surface area contributed by atoms with Gasteiger partial charge in [0.15, 0.2) is 11.6 Å². The van der Waals surface area contributed by atoms with Crippen molar-refractivity contribution < 1.29 is 23.5 Å². The van der Waals surface area contributed by atoms with Crippen molar-refractivity contribution in [3.05, 3.63) is 42.0 Å². The van der Waals surface area contributed by atoms with Gasteiger partial charge in [0.1, 0.15) is 0 Å². The van der Waals surface area contributed by atoms with Crippen LogP contribution in [-0.2, 0) is 9.59 Å². The van der Waals surface area contributed by atoms with Gasteiger partial charge < -0.3 is 10.4 Å². The molecule has 3 aliphatic rings. The smallest absolute Gasteiger partial charge is 0.307 e. The zero-order chi connectivity index (χ0) is 15.9. The first-order valence-corrected chi connectivity index (χ1v) is 7.14. The Bertz CT molecular complexity index is 659. The van der Waals surface area contributed by atoms with E-state index >= 15 is 0 Å². The Balaban J connectivity index is 1.82. The van der Waals surface area contributed by atoms with Crippen molar-refractivity contribution in [1.82, 2.24) is 0 Å². The molecule has 0 heterocycles. The molecule has 4 nitrogen and oxygen atoms in total. The van der Waals surface area contributed by atoms with E-state index in [9.17, 15) is 23.5 Å². The number of carbonyl (C=O) groups is 2. The van der Waals surface area contributed by atoms with E-state index in [0.717, 1.165) is 25.0 Å². The highest BCUT2D eigenvalue weighted by Crippen LogP contribution is 2.45. The predicted molar refractivity (Wildman–Crippen MR) is 75.0 cm³/mol. The average molecular weight is 307 g/mol. The van der Waals surface area contributed by atoms with Crippen LogP contribution in [0.5, 0.6) is 0 Å². The lowest BCUT2D eigenvalue weighted by Gasteiger charge is -2.41. The van der Waals surface area contributed by atoms with Crippen molar-refractivity contribution in [3.63, 3.8) is 0 Å². The zero-order valence-corrected chi connectivity index (χ0v) is 11.6. The van der Waals surface area contributed by atoms with Crippen molar-refractivity contribution in [3.8, 4) is 0 Å². The van der Waals surface area contributed by atoms with Gasteiger partial charge in [0.2, 0.25) is 5.91 Å². The third-order valence-electron chi connectivity index (χ3n) is 4.52. The number of rotatable bonds is 3. The van der Waals surface area contributed by atoms with Gasteiger partial charge in [-0.1, -0.05) is 12.2 Å². The number of hydrogen-bond donors (Lipinski definition) is 2. The Morgan fingerprint density at radius 1 is 1.05 bits per heavy atom. The van der Waals surface area contributed by atoms with Crippen LogP contribution in [0.4, 0.5) is 14.5 Å². The average Bonchev–Trinajstić information content (AvgIpc) is 2.51. The lowest BCUT2D eigenvalue weighted by molar-refractivity contribution is -0.151. The van der Waals surface area contributed by atoms with Gasteiger partial charge in [0, 0.05) is 11.8 Å². The molecule has 4 rings (SSSR count). The number of carboxylic acids is 1. The summed E-state index contributed by atoms with van der Waals surface area (Å²) in [6, 6.07) is 3.06. The lowest BCUT2D eigenvalue weighted by atomic mass is 9.62. The molecule has 1 fully saturated rings. The number of halogens is 2. The number of nitrogens with one attached hydrogen (secondary N) is 1. The van der Waals surface area contributed by atoms with E-state index in [0.29, 0.717) is 0 Å². The van der Waals surface area contributed by atoms with Crippen molar-refractivity contribution in [2.45, 2.75) is 12.8 Å². The van der Waals surface area contributed by atoms with Gasteiger partial charge in [0.25, 0.3) is 0 Å². The van der Waals surface area contributed by atoms with E-state index in [-0.39, 0.29) is 17.5 Å². The van der Waals surface area contributed by atoms with Gasteiger partial charge in [-0.05, 0) is 36.8 Å². The molecule has 6 heteroatoms. The van der Waals surface area contributed by atoms with Crippen molar-refractivity contribution >= 4 is 17.6 Å². The summed E-state index contributed by atoms with van der Waals surface area (Å²) in [4.78, 5) is 23.9. The van der Waals surface area contributed by atoms with Crippen LogP contribution in [0.3, 0.4) is 0 Å². The maximum atomic E-state index is 13.2. The van der Waals surface area contributed by atoms with E-state index in [1.807, 2.05) is 12.2 Å². The molecule has 2 bridgehead atoms. The molecule has 0 spiro atoms. The second-order valence-corrected chi connectivity index (χ2v) is 5.80. The number of allylic oxidation sites excluding steroid dienone is 2. The van der Waals surface area contributed by atoms with Crippen LogP contribution >= 0.6 is 0 Å². The van der Waals surface area contributed by atoms with Crippen molar-refractivity contribution in [2.24, 2.45) is 23.7 Å². The number of aliphatic carboxylic acids is 1. The molecule has 2 N–H and O–H groups in total. The lowest BCUT2D eigenvalue weighted by Crippen LogP contribution is -2.47. The molecular formula is C16H15F2NO3. The summed E-state index contributed by atoms with van der Waals surface area (Å²) in [6.45, 7) is 0. The summed E-state index contributed by atoms with van der Waals surface area (Å²) in [5, 5.41) is 11.9. The molecule has 22 heavy (non-hydrogen) atoms. The van der Waals surface area contributed by atoms with Crippen LogP contribution in [0.15, 0.2) is 30.4 Å². The van der Waals surface area contributed by atoms with Crippen LogP contribution in [0.2, 0.25) is 0 Å². The van der Waals surface area contributed by atoms with Gasteiger partial charge in [-0.3, -0.25) is 9.59 Å². The Morgan fingerprint density at radius 2 is 1.68 bits per heavy atom. The van der Waals surface area contributed by atoms with Gasteiger partial charge in [-0.25, -0.2) is 8.78 Å². The van der Waals surface area contributed by atoms with E-state index in [1.165, 1.54) is 6.07 Å². The molecule has 0 aliphatic heterocycles. The number of carbonyl (C=O) groups excluding carboxylic acids is 1.